The highest BCUT2D eigenvalue weighted by molar-refractivity contribution is 5.80. The average Bonchev–Trinajstić information content (AvgIpc) is 3.03. The molecule has 0 radical (unpaired) electrons. The molecule has 1 aliphatic carbocycles. The van der Waals surface area contributed by atoms with Crippen molar-refractivity contribution in [2.45, 2.75) is 52.6 Å². The standard InChI is InChI=1S/C23H27N3O/c1-16(2)25(15-18-7-5-4-6-8-18)23(27)19-10-11-20-21(13-19)26-14-17(3)9-12-22(26)24-20/h4-9,12,14,16,19H,10-11,13,15H2,1-3H3. The fourth-order valence-electron chi connectivity index (χ4n) is 4.05. The second-order valence-corrected chi connectivity index (χ2v) is 7.93. The molecule has 4 rings (SSSR count). The summed E-state index contributed by atoms with van der Waals surface area (Å²) in [4.78, 5) is 20.2. The number of pyridine rings is 1. The van der Waals surface area contributed by atoms with Crippen molar-refractivity contribution in [3.8, 4) is 0 Å². The van der Waals surface area contributed by atoms with Crippen LogP contribution in [-0.4, -0.2) is 26.2 Å². The number of carbonyl (C=O) groups is 1. The summed E-state index contributed by atoms with van der Waals surface area (Å²) in [5, 5.41) is 0. The lowest BCUT2D eigenvalue weighted by atomic mass is 9.88. The molecule has 1 aromatic carbocycles. The Morgan fingerprint density at radius 3 is 2.74 bits per heavy atom. The average molecular weight is 361 g/mol. The molecule has 0 spiro atoms. The molecule has 3 aromatic rings. The van der Waals surface area contributed by atoms with Gasteiger partial charge in [0.15, 0.2) is 0 Å². The molecule has 2 aromatic heterocycles. The lowest BCUT2D eigenvalue weighted by Gasteiger charge is -2.32. The smallest absolute Gasteiger partial charge is 0.226 e. The monoisotopic (exact) mass is 361 g/mol. The molecule has 2 heterocycles. The van der Waals surface area contributed by atoms with Gasteiger partial charge in [0.25, 0.3) is 0 Å². The maximum Gasteiger partial charge on any atom is 0.226 e. The van der Waals surface area contributed by atoms with Gasteiger partial charge in [-0.15, -0.1) is 0 Å². The van der Waals surface area contributed by atoms with E-state index >= 15 is 0 Å². The topological polar surface area (TPSA) is 37.6 Å². The molecule has 0 saturated heterocycles. The van der Waals surface area contributed by atoms with E-state index in [9.17, 15) is 4.79 Å². The van der Waals surface area contributed by atoms with Gasteiger partial charge in [0.05, 0.1) is 5.69 Å². The number of hydrogen-bond donors (Lipinski definition) is 0. The number of aryl methyl sites for hydroxylation is 2. The predicted octanol–water partition coefficient (Wildman–Crippen LogP) is 4.18. The lowest BCUT2D eigenvalue weighted by Crippen LogP contribution is -2.42. The summed E-state index contributed by atoms with van der Waals surface area (Å²) in [6.45, 7) is 6.98. The molecular weight excluding hydrogens is 334 g/mol. The van der Waals surface area contributed by atoms with Crippen LogP contribution < -0.4 is 0 Å². The van der Waals surface area contributed by atoms with Crippen LogP contribution in [0.1, 0.15) is 42.8 Å². The fraction of sp³-hybridized carbons (Fsp3) is 0.391. The molecule has 4 heteroatoms. The van der Waals surface area contributed by atoms with E-state index in [4.69, 9.17) is 4.98 Å². The van der Waals surface area contributed by atoms with Gasteiger partial charge in [0, 0.05) is 36.8 Å². The van der Waals surface area contributed by atoms with Crippen LogP contribution in [0.15, 0.2) is 48.7 Å². The molecule has 0 bridgehead atoms. The van der Waals surface area contributed by atoms with Gasteiger partial charge in [-0.05, 0) is 50.8 Å². The lowest BCUT2D eigenvalue weighted by molar-refractivity contribution is -0.138. The van der Waals surface area contributed by atoms with Crippen LogP contribution in [0.3, 0.4) is 0 Å². The Labute approximate surface area is 160 Å². The van der Waals surface area contributed by atoms with E-state index in [-0.39, 0.29) is 17.9 Å². The zero-order chi connectivity index (χ0) is 19.0. The Morgan fingerprint density at radius 2 is 2.00 bits per heavy atom. The molecule has 0 fully saturated rings. The van der Waals surface area contributed by atoms with Gasteiger partial charge >= 0.3 is 0 Å². The van der Waals surface area contributed by atoms with E-state index in [2.05, 4.69) is 55.6 Å². The zero-order valence-electron chi connectivity index (χ0n) is 16.4. The Bertz CT molecular complexity index is 958. The minimum atomic E-state index is 0.0315. The number of amides is 1. The Morgan fingerprint density at radius 1 is 1.22 bits per heavy atom. The molecule has 27 heavy (non-hydrogen) atoms. The minimum absolute atomic E-state index is 0.0315. The number of benzene rings is 1. The fourth-order valence-corrected chi connectivity index (χ4v) is 4.05. The Balaban J connectivity index is 1.59. The maximum atomic E-state index is 13.4. The number of imidazole rings is 1. The van der Waals surface area contributed by atoms with Gasteiger partial charge in [-0.1, -0.05) is 36.4 Å². The predicted molar refractivity (Wildman–Crippen MR) is 108 cm³/mol. The molecule has 1 aliphatic rings. The summed E-state index contributed by atoms with van der Waals surface area (Å²) in [7, 11) is 0. The molecule has 0 aliphatic heterocycles. The van der Waals surface area contributed by atoms with Crippen LogP contribution in [-0.2, 0) is 24.2 Å². The van der Waals surface area contributed by atoms with Gasteiger partial charge in [-0.3, -0.25) is 4.79 Å². The van der Waals surface area contributed by atoms with Crippen LogP contribution in [0.25, 0.3) is 5.65 Å². The van der Waals surface area contributed by atoms with Crippen LogP contribution in [0.2, 0.25) is 0 Å². The number of fused-ring (bicyclic) bond motifs is 3. The largest absolute Gasteiger partial charge is 0.336 e. The number of rotatable bonds is 4. The SMILES string of the molecule is Cc1ccc2nc3c(n2c1)CC(C(=O)N(Cc1ccccc1)C(C)C)CC3. The van der Waals surface area contributed by atoms with Gasteiger partial charge < -0.3 is 9.30 Å². The first-order valence-electron chi connectivity index (χ1n) is 9.84. The van der Waals surface area contributed by atoms with Crippen LogP contribution in [0.4, 0.5) is 0 Å². The second kappa shape index (κ2) is 7.18. The highest BCUT2D eigenvalue weighted by Crippen LogP contribution is 2.29. The van der Waals surface area contributed by atoms with Crippen molar-refractivity contribution >= 4 is 11.6 Å². The molecule has 1 atom stereocenters. The van der Waals surface area contributed by atoms with Crippen molar-refractivity contribution in [2.75, 3.05) is 0 Å². The molecule has 0 saturated carbocycles. The Hall–Kier alpha value is -2.62. The minimum Gasteiger partial charge on any atom is -0.336 e. The third-order valence-electron chi connectivity index (χ3n) is 5.57. The van der Waals surface area contributed by atoms with E-state index in [1.165, 1.54) is 16.8 Å². The quantitative estimate of drug-likeness (QED) is 0.699. The van der Waals surface area contributed by atoms with Crippen LogP contribution in [0, 0.1) is 12.8 Å². The number of hydrogen-bond acceptors (Lipinski definition) is 2. The Kier molecular flexibility index (Phi) is 4.73. The van der Waals surface area contributed by atoms with Crippen molar-refractivity contribution in [3.63, 3.8) is 0 Å². The van der Waals surface area contributed by atoms with Crippen LogP contribution >= 0.6 is 0 Å². The van der Waals surface area contributed by atoms with Gasteiger partial charge in [-0.2, -0.15) is 0 Å². The van der Waals surface area contributed by atoms with E-state index < -0.39 is 0 Å². The first-order chi connectivity index (χ1) is 13.0. The van der Waals surface area contributed by atoms with Gasteiger partial charge in [-0.25, -0.2) is 4.98 Å². The number of carbonyl (C=O) groups excluding carboxylic acids is 1. The molecule has 1 amide bonds. The number of aromatic nitrogens is 2. The summed E-state index contributed by atoms with van der Waals surface area (Å²) in [6, 6.07) is 14.6. The van der Waals surface area contributed by atoms with Crippen molar-refractivity contribution in [1.82, 2.24) is 14.3 Å². The highest BCUT2D eigenvalue weighted by Gasteiger charge is 2.32. The zero-order valence-corrected chi connectivity index (χ0v) is 16.4. The van der Waals surface area contributed by atoms with Crippen molar-refractivity contribution in [2.24, 2.45) is 5.92 Å². The maximum absolute atomic E-state index is 13.4. The first-order valence-corrected chi connectivity index (χ1v) is 9.84. The third-order valence-corrected chi connectivity index (χ3v) is 5.57. The second-order valence-electron chi connectivity index (χ2n) is 7.93. The third kappa shape index (κ3) is 3.48. The summed E-state index contributed by atoms with van der Waals surface area (Å²) in [6.07, 6.45) is 4.67. The molecule has 0 N–H and O–H groups in total. The molecule has 1 unspecified atom stereocenters. The molecular formula is C23H27N3O. The molecule has 140 valence electrons. The highest BCUT2D eigenvalue weighted by atomic mass is 16.2. The normalized spacial score (nSPS) is 16.5. The van der Waals surface area contributed by atoms with E-state index in [1.807, 2.05) is 23.1 Å². The van der Waals surface area contributed by atoms with E-state index in [1.54, 1.807) is 0 Å². The summed E-state index contributed by atoms with van der Waals surface area (Å²) in [5.41, 5.74) is 5.75. The summed E-state index contributed by atoms with van der Waals surface area (Å²) < 4.78 is 2.18. The first kappa shape index (κ1) is 17.8. The van der Waals surface area contributed by atoms with Crippen molar-refractivity contribution in [3.05, 3.63) is 71.2 Å². The van der Waals surface area contributed by atoms with E-state index in [0.29, 0.717) is 6.54 Å². The van der Waals surface area contributed by atoms with Crippen LogP contribution in [0.5, 0.6) is 0 Å². The summed E-state index contributed by atoms with van der Waals surface area (Å²) >= 11 is 0. The molecule has 4 nitrogen and oxygen atoms in total. The summed E-state index contributed by atoms with van der Waals surface area (Å²) in [5.74, 6) is 0.297. The number of nitrogens with zero attached hydrogens (tertiary/aromatic N) is 3. The van der Waals surface area contributed by atoms with Crippen molar-refractivity contribution in [1.29, 1.82) is 0 Å². The van der Waals surface area contributed by atoms with Gasteiger partial charge in [0.2, 0.25) is 5.91 Å². The van der Waals surface area contributed by atoms with Gasteiger partial charge in [0.1, 0.15) is 5.65 Å². The van der Waals surface area contributed by atoms with Crippen molar-refractivity contribution < 1.29 is 4.79 Å². The van der Waals surface area contributed by atoms with E-state index in [0.717, 1.165) is 30.6 Å².